The molecule has 3 N–H and O–H groups in total. The maximum atomic E-state index is 12.5. The van der Waals surface area contributed by atoms with Crippen molar-refractivity contribution in [2.45, 2.75) is 31.3 Å². The molecule has 1 aromatic heterocycles. The molecule has 1 aromatic carbocycles. The topological polar surface area (TPSA) is 66.4 Å². The van der Waals surface area contributed by atoms with Crippen molar-refractivity contribution in [3.05, 3.63) is 59.4 Å². The van der Waals surface area contributed by atoms with Gasteiger partial charge in [-0.15, -0.1) is 0 Å². The second kappa shape index (κ2) is 7.38. The van der Waals surface area contributed by atoms with Crippen molar-refractivity contribution >= 4 is 0 Å². The second-order valence-corrected chi connectivity index (χ2v) is 5.81. The predicted octanol–water partition coefficient (Wildman–Crippen LogP) is 2.80. The molecule has 0 amide bonds. The Hall–Kier alpha value is -2.16. The second-order valence-electron chi connectivity index (χ2n) is 5.81. The first-order valence-electron chi connectivity index (χ1n) is 7.84. The third-order valence-electron chi connectivity index (χ3n) is 3.96. The van der Waals surface area contributed by atoms with Crippen LogP contribution in [-0.4, -0.2) is 22.8 Å². The molecule has 0 spiro atoms. The lowest BCUT2D eigenvalue weighted by Crippen LogP contribution is -2.25. The Morgan fingerprint density at radius 1 is 1.20 bits per heavy atom. The van der Waals surface area contributed by atoms with Crippen LogP contribution in [0.25, 0.3) is 0 Å². The average molecular weight is 353 g/mol. The summed E-state index contributed by atoms with van der Waals surface area (Å²) in [5.74, 6) is 0.578. The minimum atomic E-state index is -4.67. The number of hydrogen-bond acceptors (Lipinski definition) is 5. The number of rotatable bonds is 5. The molecule has 0 radical (unpaired) electrons. The van der Waals surface area contributed by atoms with E-state index in [0.29, 0.717) is 11.3 Å². The highest BCUT2D eigenvalue weighted by molar-refractivity contribution is 5.26. The van der Waals surface area contributed by atoms with Gasteiger partial charge in [-0.05, 0) is 29.7 Å². The third kappa shape index (κ3) is 4.47. The van der Waals surface area contributed by atoms with Crippen LogP contribution in [0.2, 0.25) is 0 Å². The van der Waals surface area contributed by atoms with E-state index in [1.165, 1.54) is 24.3 Å². The smallest absolute Gasteiger partial charge is 0.418 e. The fraction of sp³-hybridized carbons (Fsp3) is 0.353. The molecule has 2 aromatic rings. The van der Waals surface area contributed by atoms with Crippen molar-refractivity contribution in [2.75, 3.05) is 6.54 Å². The number of alkyl halides is 3. The van der Waals surface area contributed by atoms with Crippen molar-refractivity contribution < 1.29 is 23.0 Å². The summed E-state index contributed by atoms with van der Waals surface area (Å²) < 4.78 is 43.0. The monoisotopic (exact) mass is 353 g/mol. The van der Waals surface area contributed by atoms with Gasteiger partial charge in [0.1, 0.15) is 12.4 Å². The lowest BCUT2D eigenvalue weighted by atomic mass is 10.1. The minimum Gasteiger partial charge on any atom is -0.487 e. The molecule has 5 nitrogen and oxygen atoms in total. The number of pyridine rings is 1. The van der Waals surface area contributed by atoms with Gasteiger partial charge in [-0.3, -0.25) is 10.4 Å². The van der Waals surface area contributed by atoms with Crippen LogP contribution in [0.4, 0.5) is 13.2 Å². The summed E-state index contributed by atoms with van der Waals surface area (Å²) in [4.78, 5) is 4.35. The summed E-state index contributed by atoms with van der Waals surface area (Å²) in [6.45, 7) is 1.09. The number of nitrogens with zero attached hydrogens (tertiary/aromatic N) is 1. The van der Waals surface area contributed by atoms with E-state index in [0.717, 1.165) is 18.7 Å². The van der Waals surface area contributed by atoms with Gasteiger partial charge in [0, 0.05) is 6.54 Å². The predicted molar refractivity (Wildman–Crippen MR) is 84.5 cm³/mol. The van der Waals surface area contributed by atoms with E-state index < -0.39 is 12.3 Å². The summed E-state index contributed by atoms with van der Waals surface area (Å²) in [7, 11) is 0. The van der Waals surface area contributed by atoms with Gasteiger partial charge in [0.15, 0.2) is 6.10 Å². The van der Waals surface area contributed by atoms with Gasteiger partial charge in [-0.1, -0.05) is 24.3 Å². The van der Waals surface area contributed by atoms with E-state index in [4.69, 9.17) is 4.74 Å². The highest BCUT2D eigenvalue weighted by atomic mass is 19.4. The number of ether oxygens (including phenoxy) is 1. The number of aromatic nitrogens is 1. The average Bonchev–Trinajstić information content (AvgIpc) is 3.14. The van der Waals surface area contributed by atoms with Crippen LogP contribution in [-0.2, 0) is 6.61 Å². The largest absolute Gasteiger partial charge is 0.487 e. The van der Waals surface area contributed by atoms with Crippen molar-refractivity contribution in [1.29, 1.82) is 0 Å². The summed E-state index contributed by atoms with van der Waals surface area (Å²) in [5, 5.41) is 9.20. The first-order valence-corrected chi connectivity index (χ1v) is 7.84. The Bertz CT molecular complexity index is 684. The molecule has 0 bridgehead atoms. The van der Waals surface area contributed by atoms with Crippen LogP contribution >= 0.6 is 0 Å². The number of aliphatic hydroxyl groups is 1. The Morgan fingerprint density at radius 2 is 1.96 bits per heavy atom. The normalized spacial score (nSPS) is 19.0. The van der Waals surface area contributed by atoms with Gasteiger partial charge in [-0.25, -0.2) is 5.43 Å². The van der Waals surface area contributed by atoms with Gasteiger partial charge in [0.25, 0.3) is 0 Å². The van der Waals surface area contributed by atoms with Gasteiger partial charge < -0.3 is 9.84 Å². The lowest BCUT2D eigenvalue weighted by molar-refractivity contribution is -0.206. The maximum Gasteiger partial charge on any atom is 0.418 e. The molecule has 25 heavy (non-hydrogen) atoms. The molecule has 1 aliphatic rings. The quantitative estimate of drug-likeness (QED) is 0.771. The van der Waals surface area contributed by atoms with Crippen LogP contribution in [0, 0.1) is 0 Å². The molecular weight excluding hydrogens is 335 g/mol. The number of hydrogen-bond donors (Lipinski definition) is 3. The molecule has 1 aliphatic heterocycles. The summed E-state index contributed by atoms with van der Waals surface area (Å²) in [6.07, 6.45) is -4.56. The highest BCUT2D eigenvalue weighted by Crippen LogP contribution is 2.32. The minimum absolute atomic E-state index is 0.182. The van der Waals surface area contributed by atoms with E-state index in [1.807, 2.05) is 12.1 Å². The fourth-order valence-corrected chi connectivity index (χ4v) is 2.54. The third-order valence-corrected chi connectivity index (χ3v) is 3.96. The van der Waals surface area contributed by atoms with Gasteiger partial charge in [-0.2, -0.15) is 13.2 Å². The number of nitrogens with one attached hydrogen (secondary N) is 2. The molecule has 3 rings (SSSR count). The van der Waals surface area contributed by atoms with Gasteiger partial charge in [0.05, 0.1) is 17.9 Å². The van der Waals surface area contributed by atoms with Crippen molar-refractivity contribution in [1.82, 2.24) is 15.8 Å². The zero-order valence-corrected chi connectivity index (χ0v) is 13.3. The lowest BCUT2D eigenvalue weighted by Gasteiger charge is -2.15. The molecule has 0 aliphatic carbocycles. The standard InChI is InChI=1S/C17H18F3N3O2/c18-17(19,20)16(24)12-3-1-11(2-4-12)10-25-13-5-6-14(21-9-13)15-7-8-22-23-15/h1-6,9,15-16,22-24H,7-8,10H2. The number of hydrazine groups is 1. The number of halogens is 3. The van der Waals surface area contributed by atoms with Gasteiger partial charge >= 0.3 is 6.18 Å². The molecule has 2 heterocycles. The molecule has 8 heteroatoms. The van der Waals surface area contributed by atoms with Crippen LogP contribution in [0.3, 0.4) is 0 Å². The van der Waals surface area contributed by atoms with Crippen LogP contribution in [0.15, 0.2) is 42.6 Å². The molecule has 134 valence electrons. The SMILES string of the molecule is OC(c1ccc(COc2ccc(C3CCNN3)nc2)cc1)C(F)(F)F. The summed E-state index contributed by atoms with van der Waals surface area (Å²) >= 11 is 0. The zero-order valence-electron chi connectivity index (χ0n) is 13.3. The van der Waals surface area contributed by atoms with E-state index >= 15 is 0 Å². The van der Waals surface area contributed by atoms with E-state index in [2.05, 4.69) is 15.8 Å². The molecule has 1 fully saturated rings. The van der Waals surface area contributed by atoms with Crippen LogP contribution in [0.1, 0.15) is 35.4 Å². The molecular formula is C17H18F3N3O2. The van der Waals surface area contributed by atoms with Crippen molar-refractivity contribution in [2.24, 2.45) is 0 Å². The van der Waals surface area contributed by atoms with E-state index in [9.17, 15) is 18.3 Å². The zero-order chi connectivity index (χ0) is 17.9. The highest BCUT2D eigenvalue weighted by Gasteiger charge is 2.39. The fourth-order valence-electron chi connectivity index (χ4n) is 2.54. The van der Waals surface area contributed by atoms with Crippen LogP contribution < -0.4 is 15.6 Å². The molecule has 0 saturated carbocycles. The van der Waals surface area contributed by atoms with E-state index in [1.54, 1.807) is 6.20 Å². The molecule has 1 saturated heterocycles. The summed E-state index contributed by atoms with van der Waals surface area (Å²) in [6, 6.07) is 9.36. The Balaban J connectivity index is 1.56. The van der Waals surface area contributed by atoms with Crippen molar-refractivity contribution in [3.63, 3.8) is 0 Å². The summed E-state index contributed by atoms with van der Waals surface area (Å²) in [5.41, 5.74) is 7.59. The van der Waals surface area contributed by atoms with Gasteiger partial charge in [0.2, 0.25) is 0 Å². The number of aliphatic hydroxyl groups excluding tert-OH is 1. The molecule has 2 unspecified atom stereocenters. The van der Waals surface area contributed by atoms with Crippen molar-refractivity contribution in [3.8, 4) is 5.75 Å². The first-order chi connectivity index (χ1) is 11.9. The Morgan fingerprint density at radius 3 is 2.52 bits per heavy atom. The molecule has 2 atom stereocenters. The Labute approximate surface area is 142 Å². The maximum absolute atomic E-state index is 12.5. The number of benzene rings is 1. The first kappa shape index (κ1) is 17.7. The van der Waals surface area contributed by atoms with E-state index in [-0.39, 0.29) is 18.2 Å². The van der Waals surface area contributed by atoms with Crippen LogP contribution in [0.5, 0.6) is 5.75 Å². The Kier molecular flexibility index (Phi) is 5.22.